The number of esters is 2. The summed E-state index contributed by atoms with van der Waals surface area (Å²) < 4.78 is 16.5. The van der Waals surface area contributed by atoms with Gasteiger partial charge in [-0.15, -0.1) is 0 Å². The van der Waals surface area contributed by atoms with Gasteiger partial charge in [-0.1, -0.05) is 18.2 Å². The predicted octanol–water partition coefficient (Wildman–Crippen LogP) is 1.59. The molecule has 1 saturated heterocycles. The fourth-order valence-electron chi connectivity index (χ4n) is 2.83. The molecule has 8 heteroatoms. The maximum atomic E-state index is 11.5. The SMILES string of the molecule is CC(=O)O[C@@H]1[C@@H](OC(C)=O)[C@H](c2cnn(-c3ccccc3)n2)O[C@H]1C. The van der Waals surface area contributed by atoms with E-state index in [-0.39, 0.29) is 0 Å². The van der Waals surface area contributed by atoms with E-state index in [9.17, 15) is 9.59 Å². The van der Waals surface area contributed by atoms with Crippen LogP contribution in [-0.4, -0.2) is 45.2 Å². The van der Waals surface area contributed by atoms with Crippen LogP contribution < -0.4 is 0 Å². The van der Waals surface area contributed by atoms with Gasteiger partial charge in [-0.3, -0.25) is 9.59 Å². The summed E-state index contributed by atoms with van der Waals surface area (Å²) in [6.07, 6.45) is -1.04. The zero-order valence-electron chi connectivity index (χ0n) is 14.2. The first-order chi connectivity index (χ1) is 12.0. The summed E-state index contributed by atoms with van der Waals surface area (Å²) in [7, 11) is 0. The van der Waals surface area contributed by atoms with Gasteiger partial charge in [0, 0.05) is 13.8 Å². The lowest BCUT2D eigenvalue weighted by atomic mass is 10.1. The fourth-order valence-corrected chi connectivity index (χ4v) is 2.83. The molecule has 4 atom stereocenters. The Labute approximate surface area is 144 Å². The van der Waals surface area contributed by atoms with E-state index in [0.29, 0.717) is 5.69 Å². The molecular formula is C17H19N3O5. The van der Waals surface area contributed by atoms with E-state index in [1.807, 2.05) is 30.3 Å². The van der Waals surface area contributed by atoms with Gasteiger partial charge in [-0.05, 0) is 19.1 Å². The van der Waals surface area contributed by atoms with E-state index < -0.39 is 36.4 Å². The molecule has 1 fully saturated rings. The van der Waals surface area contributed by atoms with Crippen LogP contribution in [0.4, 0.5) is 0 Å². The molecule has 0 aliphatic carbocycles. The van der Waals surface area contributed by atoms with Crippen molar-refractivity contribution in [2.24, 2.45) is 0 Å². The van der Waals surface area contributed by atoms with Crippen molar-refractivity contribution in [1.29, 1.82) is 0 Å². The number of para-hydroxylation sites is 1. The van der Waals surface area contributed by atoms with Crippen molar-refractivity contribution in [3.63, 3.8) is 0 Å². The third kappa shape index (κ3) is 3.69. The molecule has 2 heterocycles. The highest BCUT2D eigenvalue weighted by molar-refractivity contribution is 5.67. The van der Waals surface area contributed by atoms with Gasteiger partial charge in [-0.2, -0.15) is 15.0 Å². The molecule has 2 aromatic rings. The molecule has 0 unspecified atom stereocenters. The molecule has 25 heavy (non-hydrogen) atoms. The van der Waals surface area contributed by atoms with E-state index in [0.717, 1.165) is 5.69 Å². The van der Waals surface area contributed by atoms with E-state index >= 15 is 0 Å². The molecule has 132 valence electrons. The predicted molar refractivity (Wildman–Crippen MR) is 85.8 cm³/mol. The second-order valence-electron chi connectivity index (χ2n) is 5.80. The first-order valence-electron chi connectivity index (χ1n) is 7.93. The van der Waals surface area contributed by atoms with Crippen molar-refractivity contribution in [3.8, 4) is 5.69 Å². The van der Waals surface area contributed by atoms with Gasteiger partial charge in [0.05, 0.1) is 18.0 Å². The molecule has 1 aromatic heterocycles. The molecule has 0 saturated carbocycles. The molecule has 8 nitrogen and oxygen atoms in total. The molecule has 0 radical (unpaired) electrons. The van der Waals surface area contributed by atoms with E-state index in [1.165, 1.54) is 18.6 Å². The lowest BCUT2D eigenvalue weighted by Gasteiger charge is -2.21. The molecule has 1 aromatic carbocycles. The second-order valence-corrected chi connectivity index (χ2v) is 5.80. The normalized spacial score (nSPS) is 25.6. The number of rotatable bonds is 4. The minimum atomic E-state index is -0.780. The fraction of sp³-hybridized carbons (Fsp3) is 0.412. The van der Waals surface area contributed by atoms with Gasteiger partial charge in [0.15, 0.2) is 12.2 Å². The maximum absolute atomic E-state index is 11.5. The molecule has 0 bridgehead atoms. The highest BCUT2D eigenvalue weighted by atomic mass is 16.6. The van der Waals surface area contributed by atoms with Gasteiger partial charge < -0.3 is 14.2 Å². The number of hydrogen-bond acceptors (Lipinski definition) is 7. The molecule has 1 aliphatic rings. The molecule has 1 aliphatic heterocycles. The van der Waals surface area contributed by atoms with Crippen LogP contribution in [0.1, 0.15) is 32.6 Å². The number of carbonyl (C=O) groups excluding carboxylic acids is 2. The Bertz CT molecular complexity index is 761. The summed E-state index contributed by atoms with van der Waals surface area (Å²) in [6.45, 7) is 4.36. The van der Waals surface area contributed by atoms with Crippen molar-refractivity contribution >= 4 is 11.9 Å². The summed E-state index contributed by atoms with van der Waals surface area (Å²) in [5.41, 5.74) is 1.29. The summed E-state index contributed by atoms with van der Waals surface area (Å²) in [5.74, 6) is -0.952. The van der Waals surface area contributed by atoms with Gasteiger partial charge in [0.2, 0.25) is 0 Å². The van der Waals surface area contributed by atoms with Crippen LogP contribution in [0.25, 0.3) is 5.69 Å². The van der Waals surface area contributed by atoms with Crippen molar-refractivity contribution < 1.29 is 23.8 Å². The Morgan fingerprint density at radius 3 is 2.36 bits per heavy atom. The highest BCUT2D eigenvalue weighted by Crippen LogP contribution is 2.36. The zero-order valence-corrected chi connectivity index (χ0v) is 14.2. The third-order valence-electron chi connectivity index (χ3n) is 3.84. The Morgan fingerprint density at radius 1 is 1.08 bits per heavy atom. The van der Waals surface area contributed by atoms with E-state index in [4.69, 9.17) is 14.2 Å². The van der Waals surface area contributed by atoms with Crippen LogP contribution in [0.2, 0.25) is 0 Å². The Morgan fingerprint density at radius 2 is 1.72 bits per heavy atom. The summed E-state index contributed by atoms with van der Waals surface area (Å²) in [5, 5.41) is 8.65. The summed E-state index contributed by atoms with van der Waals surface area (Å²) >= 11 is 0. The summed E-state index contributed by atoms with van der Waals surface area (Å²) in [6, 6.07) is 9.40. The number of nitrogens with zero attached hydrogens (tertiary/aromatic N) is 3. The van der Waals surface area contributed by atoms with Crippen LogP contribution in [0.3, 0.4) is 0 Å². The van der Waals surface area contributed by atoms with Crippen LogP contribution in [0, 0.1) is 0 Å². The van der Waals surface area contributed by atoms with Crippen molar-refractivity contribution in [1.82, 2.24) is 15.0 Å². The molecule has 0 amide bonds. The number of aromatic nitrogens is 3. The summed E-state index contributed by atoms with van der Waals surface area (Å²) in [4.78, 5) is 24.3. The van der Waals surface area contributed by atoms with Crippen molar-refractivity contribution in [2.45, 2.75) is 45.2 Å². The number of ether oxygens (including phenoxy) is 3. The number of hydrogen-bond donors (Lipinski definition) is 0. The minimum absolute atomic E-state index is 0.444. The van der Waals surface area contributed by atoms with Gasteiger partial charge >= 0.3 is 11.9 Å². The number of benzene rings is 1. The standard InChI is InChI=1S/C17H19N3O5/c1-10-15(24-11(2)21)17(25-12(3)22)16(23-10)14-9-18-20(19-14)13-7-5-4-6-8-13/h4-10,15-17H,1-3H3/t10-,15-,16-,17+/m0/s1. The smallest absolute Gasteiger partial charge is 0.303 e. The topological polar surface area (TPSA) is 92.5 Å². The molecule has 0 N–H and O–H groups in total. The van der Waals surface area contributed by atoms with Crippen LogP contribution in [0.5, 0.6) is 0 Å². The van der Waals surface area contributed by atoms with Gasteiger partial charge in [0.25, 0.3) is 0 Å². The largest absolute Gasteiger partial charge is 0.456 e. The minimum Gasteiger partial charge on any atom is -0.456 e. The van der Waals surface area contributed by atoms with Crippen LogP contribution in [0.15, 0.2) is 36.5 Å². The lowest BCUT2D eigenvalue weighted by molar-refractivity contribution is -0.164. The Balaban J connectivity index is 1.88. The quantitative estimate of drug-likeness (QED) is 0.777. The van der Waals surface area contributed by atoms with Gasteiger partial charge in [0.1, 0.15) is 11.8 Å². The van der Waals surface area contributed by atoms with E-state index in [2.05, 4.69) is 10.2 Å². The zero-order chi connectivity index (χ0) is 18.0. The average molecular weight is 345 g/mol. The Kier molecular flexibility index (Phi) is 4.80. The number of carbonyl (C=O) groups is 2. The molecule has 3 rings (SSSR count). The molecule has 0 spiro atoms. The second kappa shape index (κ2) is 7.02. The van der Waals surface area contributed by atoms with Crippen molar-refractivity contribution in [2.75, 3.05) is 0 Å². The molecular weight excluding hydrogens is 326 g/mol. The van der Waals surface area contributed by atoms with E-state index in [1.54, 1.807) is 13.1 Å². The first kappa shape index (κ1) is 17.1. The Hall–Kier alpha value is -2.74. The highest BCUT2D eigenvalue weighted by Gasteiger charge is 2.48. The third-order valence-corrected chi connectivity index (χ3v) is 3.84. The van der Waals surface area contributed by atoms with Gasteiger partial charge in [-0.25, -0.2) is 0 Å². The van der Waals surface area contributed by atoms with Crippen molar-refractivity contribution in [3.05, 3.63) is 42.2 Å². The van der Waals surface area contributed by atoms with Crippen LogP contribution >= 0.6 is 0 Å². The first-order valence-corrected chi connectivity index (χ1v) is 7.93. The monoisotopic (exact) mass is 345 g/mol. The average Bonchev–Trinajstić information content (AvgIpc) is 3.15. The maximum Gasteiger partial charge on any atom is 0.303 e. The van der Waals surface area contributed by atoms with Crippen LogP contribution in [-0.2, 0) is 23.8 Å². The lowest BCUT2D eigenvalue weighted by Crippen LogP contribution is -2.37.